The lowest BCUT2D eigenvalue weighted by molar-refractivity contribution is -0.138. The lowest BCUT2D eigenvalue weighted by atomic mass is 9.80. The number of nitrogens with zero attached hydrogens (tertiary/aromatic N) is 4. The lowest BCUT2D eigenvalue weighted by Crippen LogP contribution is -2.39. The zero-order chi connectivity index (χ0) is 28.9. The first-order valence-electron chi connectivity index (χ1n) is 13.4. The number of hydrogen-bond donors (Lipinski definition) is 4. The Kier molecular flexibility index (Phi) is 8.97. The number of likely N-dealkylation sites (tertiary alicyclic amines) is 1. The van der Waals surface area contributed by atoms with Crippen LogP contribution in [0.5, 0.6) is 0 Å². The van der Waals surface area contributed by atoms with Crippen molar-refractivity contribution in [1.29, 1.82) is 0 Å². The molecule has 0 saturated carbocycles. The molecule has 2 atom stereocenters. The van der Waals surface area contributed by atoms with Crippen molar-refractivity contribution >= 4 is 18.2 Å². The van der Waals surface area contributed by atoms with Crippen molar-refractivity contribution in [3.05, 3.63) is 53.5 Å². The molecule has 2 aromatic rings. The summed E-state index contributed by atoms with van der Waals surface area (Å²) >= 11 is 0. The average molecular weight is 559 g/mol. The van der Waals surface area contributed by atoms with E-state index in [0.717, 1.165) is 32.0 Å². The van der Waals surface area contributed by atoms with Crippen LogP contribution in [-0.4, -0.2) is 59.3 Å². The zero-order valence-electron chi connectivity index (χ0n) is 23.1. The summed E-state index contributed by atoms with van der Waals surface area (Å²) in [7, 11) is 0. The number of carbonyl (C=O) groups is 1. The monoisotopic (exact) mass is 558 g/mol. The lowest BCUT2D eigenvalue weighted by Gasteiger charge is -2.27. The van der Waals surface area contributed by atoms with Gasteiger partial charge in [-0.2, -0.15) is 13.2 Å². The third-order valence-corrected chi connectivity index (χ3v) is 7.39. The highest BCUT2D eigenvalue weighted by Gasteiger charge is 2.35. The van der Waals surface area contributed by atoms with Crippen LogP contribution in [0.4, 0.5) is 23.9 Å². The van der Waals surface area contributed by atoms with Crippen LogP contribution in [0.3, 0.4) is 0 Å². The van der Waals surface area contributed by atoms with E-state index in [1.165, 1.54) is 24.5 Å². The van der Waals surface area contributed by atoms with Gasteiger partial charge in [0.15, 0.2) is 0 Å². The number of aromatic nitrogens is 2. The van der Waals surface area contributed by atoms with E-state index in [1.807, 2.05) is 0 Å². The van der Waals surface area contributed by atoms with Crippen molar-refractivity contribution in [3.8, 4) is 11.3 Å². The molecule has 2 aliphatic rings. The normalized spacial score (nSPS) is 20.4. The van der Waals surface area contributed by atoms with Gasteiger partial charge in [0, 0.05) is 50.4 Å². The predicted molar refractivity (Wildman–Crippen MR) is 150 cm³/mol. The molecule has 1 aromatic heterocycles. The number of nitrogens with two attached hydrogens (primary N) is 1. The molecule has 2 aliphatic heterocycles. The maximum atomic E-state index is 14.1. The smallest absolute Gasteiger partial charge is 0.403 e. The summed E-state index contributed by atoms with van der Waals surface area (Å²) in [6.45, 7) is 9.03. The molecule has 2 amide bonds. The van der Waals surface area contributed by atoms with Crippen molar-refractivity contribution in [1.82, 2.24) is 25.5 Å². The second-order valence-corrected chi connectivity index (χ2v) is 11.3. The number of carbonyl (C=O) groups excluding carboxylic acids is 1. The van der Waals surface area contributed by atoms with Crippen molar-refractivity contribution in [2.24, 2.45) is 22.1 Å². The zero-order valence-corrected chi connectivity index (χ0v) is 23.1. The Labute approximate surface area is 232 Å². The summed E-state index contributed by atoms with van der Waals surface area (Å²) in [4.78, 5) is 27.4. The maximum Gasteiger partial charge on any atom is 0.416 e. The Morgan fingerprint density at radius 2 is 2.05 bits per heavy atom. The maximum absolute atomic E-state index is 14.1. The number of urea groups is 1. The van der Waals surface area contributed by atoms with Gasteiger partial charge in [-0.15, -0.1) is 0 Å². The average Bonchev–Trinajstić information content (AvgIpc) is 3.62. The van der Waals surface area contributed by atoms with Crippen LogP contribution in [0.2, 0.25) is 0 Å². The van der Waals surface area contributed by atoms with Crippen LogP contribution < -0.4 is 21.7 Å². The van der Waals surface area contributed by atoms with Gasteiger partial charge in [0.2, 0.25) is 5.95 Å². The molecule has 1 aromatic carbocycles. The first kappa shape index (κ1) is 29.3. The fourth-order valence-corrected chi connectivity index (χ4v) is 4.87. The summed E-state index contributed by atoms with van der Waals surface area (Å²) in [6.07, 6.45) is 1.58. The van der Waals surface area contributed by atoms with Crippen molar-refractivity contribution in [3.63, 3.8) is 0 Å². The molecule has 12 heteroatoms. The van der Waals surface area contributed by atoms with E-state index in [-0.39, 0.29) is 41.1 Å². The largest absolute Gasteiger partial charge is 0.416 e. The minimum Gasteiger partial charge on any atom is -0.403 e. The number of halogens is 3. The van der Waals surface area contributed by atoms with Crippen LogP contribution in [0.25, 0.3) is 11.3 Å². The standard InChI is InChI=1S/C28H37F3N8O/c1-27(2,3)20-8-11-39(17-20)26(40)36-14-19-5-4-18(12-23(19)28(29,30)31)24-7-10-34-25(38-24)37-22(13-32)16-35-21-6-9-33-15-21/h4-5,7,10,12-13,16,20-21,33H,6,8-9,11,14-15,17,32H2,1-3H3,(H,36,40)(H,34,37,38)/b22-13+,35-16?/t20?,21-/m0/s1. The topological polar surface area (TPSA) is 121 Å². The van der Waals surface area contributed by atoms with Crippen molar-refractivity contribution in [2.45, 2.75) is 52.4 Å². The van der Waals surface area contributed by atoms with Gasteiger partial charge in [0.05, 0.1) is 23.0 Å². The van der Waals surface area contributed by atoms with Crippen molar-refractivity contribution < 1.29 is 18.0 Å². The van der Waals surface area contributed by atoms with Gasteiger partial charge in [0.25, 0.3) is 0 Å². The van der Waals surface area contributed by atoms with Gasteiger partial charge in [-0.25, -0.2) is 14.8 Å². The number of nitrogens with one attached hydrogen (secondary N) is 3. The predicted octanol–water partition coefficient (Wildman–Crippen LogP) is 4.38. The molecule has 2 fully saturated rings. The van der Waals surface area contributed by atoms with Gasteiger partial charge in [-0.05, 0) is 48.4 Å². The first-order chi connectivity index (χ1) is 18.9. The highest BCUT2D eigenvalue weighted by Crippen LogP contribution is 2.36. The number of benzene rings is 1. The fraction of sp³-hybridized carbons (Fsp3) is 0.500. The molecule has 2 saturated heterocycles. The Balaban J connectivity index is 1.46. The third kappa shape index (κ3) is 7.50. The van der Waals surface area contributed by atoms with Crippen molar-refractivity contribution in [2.75, 3.05) is 31.5 Å². The quantitative estimate of drug-likeness (QED) is 0.374. The number of aliphatic imine (C=N–C) groups is 1. The minimum atomic E-state index is -4.61. The number of amides is 2. The van der Waals surface area contributed by atoms with Gasteiger partial charge >= 0.3 is 12.2 Å². The van der Waals surface area contributed by atoms with Gasteiger partial charge in [-0.1, -0.05) is 32.9 Å². The van der Waals surface area contributed by atoms with E-state index in [4.69, 9.17) is 5.73 Å². The highest BCUT2D eigenvalue weighted by atomic mass is 19.4. The molecule has 0 spiro atoms. The van der Waals surface area contributed by atoms with E-state index in [2.05, 4.69) is 51.7 Å². The van der Waals surface area contributed by atoms with E-state index in [1.54, 1.807) is 17.2 Å². The number of anilines is 1. The molecule has 40 heavy (non-hydrogen) atoms. The van der Waals surface area contributed by atoms with Gasteiger partial charge < -0.3 is 26.6 Å². The van der Waals surface area contributed by atoms with Crippen LogP contribution in [0, 0.1) is 11.3 Å². The molecule has 4 rings (SSSR count). The number of allylic oxidation sites excluding steroid dienone is 1. The van der Waals surface area contributed by atoms with Crippen LogP contribution in [-0.2, 0) is 12.7 Å². The van der Waals surface area contributed by atoms with Gasteiger partial charge in [-0.3, -0.25) is 4.99 Å². The molecular weight excluding hydrogens is 521 g/mol. The summed E-state index contributed by atoms with van der Waals surface area (Å²) in [6, 6.07) is 5.32. The minimum absolute atomic E-state index is 0.0189. The SMILES string of the molecule is CC(C)(C)C1CCN(C(=O)NCc2ccc(-c3ccnc(N/C(C=N[C@H]4CCNC4)=C/N)n3)cc2C(F)(F)F)C1. The highest BCUT2D eigenvalue weighted by molar-refractivity contribution is 5.82. The second kappa shape index (κ2) is 12.2. The fourth-order valence-electron chi connectivity index (χ4n) is 4.87. The molecular formula is C28H37F3N8O. The van der Waals surface area contributed by atoms with E-state index < -0.39 is 11.7 Å². The van der Waals surface area contributed by atoms with E-state index >= 15 is 0 Å². The summed E-state index contributed by atoms with van der Waals surface area (Å²) in [5, 5.41) is 8.86. The molecule has 0 aliphatic carbocycles. The van der Waals surface area contributed by atoms with E-state index in [0.29, 0.717) is 30.4 Å². The van der Waals surface area contributed by atoms with Gasteiger partial charge in [0.1, 0.15) is 0 Å². The molecule has 3 heterocycles. The molecule has 1 unspecified atom stereocenters. The van der Waals surface area contributed by atoms with E-state index in [9.17, 15) is 18.0 Å². The molecule has 0 radical (unpaired) electrons. The molecule has 9 nitrogen and oxygen atoms in total. The summed E-state index contributed by atoms with van der Waals surface area (Å²) in [5.41, 5.74) is 5.97. The molecule has 216 valence electrons. The Hall–Kier alpha value is -3.67. The van der Waals surface area contributed by atoms with Crippen LogP contribution >= 0.6 is 0 Å². The first-order valence-corrected chi connectivity index (χ1v) is 13.4. The Morgan fingerprint density at radius 3 is 2.70 bits per heavy atom. The molecule has 0 bridgehead atoms. The second-order valence-electron chi connectivity index (χ2n) is 11.3. The van der Waals surface area contributed by atoms with Crippen LogP contribution in [0.1, 0.15) is 44.7 Å². The molecule has 5 N–H and O–H groups in total. The number of hydrogen-bond acceptors (Lipinski definition) is 7. The Bertz CT molecular complexity index is 1250. The van der Waals surface area contributed by atoms with Crippen LogP contribution in [0.15, 0.2) is 47.4 Å². The number of rotatable bonds is 7. The summed E-state index contributed by atoms with van der Waals surface area (Å²) < 4.78 is 42.2. The third-order valence-electron chi connectivity index (χ3n) is 7.39. The number of alkyl halides is 3. The summed E-state index contributed by atoms with van der Waals surface area (Å²) in [5.74, 6) is 0.526. The Morgan fingerprint density at radius 1 is 1.25 bits per heavy atom.